The fourth-order valence-corrected chi connectivity index (χ4v) is 2.10. The molecule has 0 aliphatic heterocycles. The third-order valence-electron chi connectivity index (χ3n) is 2.82. The van der Waals surface area contributed by atoms with Gasteiger partial charge in [0.05, 0.1) is 5.69 Å². The van der Waals surface area contributed by atoms with Crippen molar-refractivity contribution in [1.82, 2.24) is 10.3 Å². The Bertz CT molecular complexity index is 323. The van der Waals surface area contributed by atoms with Crippen LogP contribution in [0.5, 0.6) is 0 Å². The molecule has 1 aromatic heterocycles. The van der Waals surface area contributed by atoms with Crippen molar-refractivity contribution in [2.24, 2.45) is 0 Å². The van der Waals surface area contributed by atoms with Crippen molar-refractivity contribution in [3.63, 3.8) is 0 Å². The van der Waals surface area contributed by atoms with Crippen LogP contribution in [0.25, 0.3) is 0 Å². The van der Waals surface area contributed by atoms with Crippen molar-refractivity contribution in [2.75, 3.05) is 7.11 Å². The van der Waals surface area contributed by atoms with Crippen LogP contribution in [0.1, 0.15) is 44.8 Å². The van der Waals surface area contributed by atoms with Gasteiger partial charge in [-0.25, -0.2) is 4.98 Å². The minimum absolute atomic E-state index is 0.278. The summed E-state index contributed by atoms with van der Waals surface area (Å²) < 4.78 is 5.41. The fourth-order valence-electron chi connectivity index (χ4n) is 1.18. The van der Waals surface area contributed by atoms with Crippen LogP contribution in [0.3, 0.4) is 0 Å². The minimum Gasteiger partial charge on any atom is -0.372 e. The Hall–Kier alpha value is -0.450. The average Bonchev–Trinajstić information content (AvgIpc) is 2.75. The maximum absolute atomic E-state index is 5.41. The first-order valence-electron chi connectivity index (χ1n) is 5.73. The van der Waals surface area contributed by atoms with Crippen LogP contribution in [-0.2, 0) is 16.9 Å². The van der Waals surface area contributed by atoms with E-state index in [0.29, 0.717) is 6.04 Å². The van der Waals surface area contributed by atoms with Gasteiger partial charge in [0.2, 0.25) is 0 Å². The van der Waals surface area contributed by atoms with Gasteiger partial charge in [0.25, 0.3) is 0 Å². The number of methoxy groups -OCH3 is 1. The van der Waals surface area contributed by atoms with E-state index in [9.17, 15) is 0 Å². The van der Waals surface area contributed by atoms with Gasteiger partial charge in [-0.05, 0) is 27.2 Å². The summed E-state index contributed by atoms with van der Waals surface area (Å²) in [6, 6.07) is 0.542. The average molecular weight is 242 g/mol. The summed E-state index contributed by atoms with van der Waals surface area (Å²) in [6.07, 6.45) is 1.14. The van der Waals surface area contributed by atoms with E-state index in [-0.39, 0.29) is 5.60 Å². The molecule has 0 aliphatic rings. The number of nitrogens with one attached hydrogen (secondary N) is 1. The molecule has 1 rings (SSSR count). The van der Waals surface area contributed by atoms with E-state index >= 15 is 0 Å². The molecule has 0 saturated heterocycles. The number of hydrogen-bond acceptors (Lipinski definition) is 4. The molecule has 1 aromatic rings. The molecule has 0 bridgehead atoms. The van der Waals surface area contributed by atoms with Crippen molar-refractivity contribution in [3.8, 4) is 0 Å². The van der Waals surface area contributed by atoms with Gasteiger partial charge in [0, 0.05) is 25.1 Å². The van der Waals surface area contributed by atoms with Gasteiger partial charge < -0.3 is 10.1 Å². The number of rotatable bonds is 6. The van der Waals surface area contributed by atoms with E-state index < -0.39 is 0 Å². The standard InChI is InChI=1S/C12H22N2OS/c1-6-9(2)13-7-10-8-16-11(14-10)12(3,4)15-5/h8-9,13H,6-7H2,1-5H3. The lowest BCUT2D eigenvalue weighted by molar-refractivity contribution is 0.0189. The first-order valence-corrected chi connectivity index (χ1v) is 6.61. The van der Waals surface area contributed by atoms with Crippen LogP contribution in [0.15, 0.2) is 5.38 Å². The zero-order chi connectivity index (χ0) is 12.2. The number of nitrogens with zero attached hydrogens (tertiary/aromatic N) is 1. The summed E-state index contributed by atoms with van der Waals surface area (Å²) in [7, 11) is 1.72. The second kappa shape index (κ2) is 5.75. The molecule has 0 spiro atoms. The zero-order valence-corrected chi connectivity index (χ0v) is 11.6. The van der Waals surface area contributed by atoms with Crippen LogP contribution < -0.4 is 5.32 Å². The predicted octanol–water partition coefficient (Wildman–Crippen LogP) is 2.91. The van der Waals surface area contributed by atoms with Gasteiger partial charge in [-0.1, -0.05) is 6.92 Å². The number of ether oxygens (including phenoxy) is 1. The number of hydrogen-bond donors (Lipinski definition) is 1. The lowest BCUT2D eigenvalue weighted by Crippen LogP contribution is -2.25. The molecular weight excluding hydrogens is 220 g/mol. The molecule has 0 aromatic carbocycles. The number of aromatic nitrogens is 1. The topological polar surface area (TPSA) is 34.1 Å². The molecule has 3 nitrogen and oxygen atoms in total. The Morgan fingerprint density at radius 3 is 2.81 bits per heavy atom. The van der Waals surface area contributed by atoms with Crippen LogP contribution in [-0.4, -0.2) is 18.1 Å². The van der Waals surface area contributed by atoms with Crippen LogP contribution >= 0.6 is 11.3 Å². The third kappa shape index (κ3) is 3.54. The SMILES string of the molecule is CCC(C)NCc1csc(C(C)(C)OC)n1. The van der Waals surface area contributed by atoms with Gasteiger partial charge in [-0.2, -0.15) is 0 Å². The van der Waals surface area contributed by atoms with E-state index in [1.807, 2.05) is 13.8 Å². The number of thiazole rings is 1. The monoisotopic (exact) mass is 242 g/mol. The van der Waals surface area contributed by atoms with E-state index in [4.69, 9.17) is 4.74 Å². The molecule has 0 saturated carbocycles. The molecule has 16 heavy (non-hydrogen) atoms. The molecule has 0 fully saturated rings. The largest absolute Gasteiger partial charge is 0.372 e. The molecule has 1 unspecified atom stereocenters. The van der Waals surface area contributed by atoms with Crippen molar-refractivity contribution < 1.29 is 4.74 Å². The molecule has 0 radical (unpaired) electrons. The highest BCUT2D eigenvalue weighted by Gasteiger charge is 2.23. The fraction of sp³-hybridized carbons (Fsp3) is 0.750. The summed E-state index contributed by atoms with van der Waals surface area (Å²) >= 11 is 1.66. The van der Waals surface area contributed by atoms with Crippen LogP contribution in [0.4, 0.5) is 0 Å². The molecule has 4 heteroatoms. The second-order valence-corrected chi connectivity index (χ2v) is 5.41. The summed E-state index contributed by atoms with van der Waals surface area (Å²) in [5.74, 6) is 0. The zero-order valence-electron chi connectivity index (χ0n) is 10.8. The molecule has 0 aliphatic carbocycles. The van der Waals surface area contributed by atoms with E-state index in [0.717, 1.165) is 23.7 Å². The first kappa shape index (κ1) is 13.6. The van der Waals surface area contributed by atoms with E-state index in [1.165, 1.54) is 0 Å². The van der Waals surface area contributed by atoms with Gasteiger partial charge in [0.15, 0.2) is 0 Å². The molecule has 1 heterocycles. The first-order chi connectivity index (χ1) is 7.49. The van der Waals surface area contributed by atoms with Crippen molar-refractivity contribution >= 4 is 11.3 Å². The molecule has 92 valence electrons. The summed E-state index contributed by atoms with van der Waals surface area (Å²) in [5.41, 5.74) is 0.824. The molecular formula is C12H22N2OS. The van der Waals surface area contributed by atoms with E-state index in [2.05, 4.69) is 29.5 Å². The van der Waals surface area contributed by atoms with Gasteiger partial charge in [0.1, 0.15) is 10.6 Å². The van der Waals surface area contributed by atoms with Crippen molar-refractivity contribution in [2.45, 2.75) is 52.3 Å². The minimum atomic E-state index is -0.278. The van der Waals surface area contributed by atoms with Crippen molar-refractivity contribution in [1.29, 1.82) is 0 Å². The summed E-state index contributed by atoms with van der Waals surface area (Å²) in [4.78, 5) is 4.59. The van der Waals surface area contributed by atoms with Gasteiger partial charge in [-0.15, -0.1) is 11.3 Å². The van der Waals surface area contributed by atoms with Crippen LogP contribution in [0.2, 0.25) is 0 Å². The van der Waals surface area contributed by atoms with Crippen LogP contribution in [0, 0.1) is 0 Å². The highest BCUT2D eigenvalue weighted by molar-refractivity contribution is 7.09. The Kier molecular flexibility index (Phi) is 4.89. The Morgan fingerprint density at radius 2 is 2.25 bits per heavy atom. The summed E-state index contributed by atoms with van der Waals surface area (Å²) in [6.45, 7) is 9.28. The highest BCUT2D eigenvalue weighted by atomic mass is 32.1. The smallest absolute Gasteiger partial charge is 0.124 e. The predicted molar refractivity (Wildman–Crippen MR) is 68.7 cm³/mol. The lowest BCUT2D eigenvalue weighted by atomic mass is 10.1. The Labute approximate surface area is 102 Å². The quantitative estimate of drug-likeness (QED) is 0.833. The second-order valence-electron chi connectivity index (χ2n) is 4.55. The summed E-state index contributed by atoms with van der Waals surface area (Å²) in [5, 5.41) is 6.58. The lowest BCUT2D eigenvalue weighted by Gasteiger charge is -2.19. The molecule has 0 amide bonds. The molecule has 1 atom stereocenters. The highest BCUT2D eigenvalue weighted by Crippen LogP contribution is 2.26. The maximum Gasteiger partial charge on any atom is 0.124 e. The Balaban J connectivity index is 2.58. The van der Waals surface area contributed by atoms with Crippen molar-refractivity contribution in [3.05, 3.63) is 16.1 Å². The van der Waals surface area contributed by atoms with Gasteiger partial charge in [-0.3, -0.25) is 0 Å². The normalized spacial score (nSPS) is 14.1. The maximum atomic E-state index is 5.41. The Morgan fingerprint density at radius 1 is 1.56 bits per heavy atom. The molecule has 1 N–H and O–H groups in total. The van der Waals surface area contributed by atoms with Gasteiger partial charge >= 0.3 is 0 Å². The third-order valence-corrected chi connectivity index (χ3v) is 4.02. The van der Waals surface area contributed by atoms with E-state index in [1.54, 1.807) is 18.4 Å².